The average molecular weight is 325 g/mol. The fourth-order valence-electron chi connectivity index (χ4n) is 2.14. The summed E-state index contributed by atoms with van der Waals surface area (Å²) < 4.78 is 1.97. The molecule has 0 radical (unpaired) electrons. The number of hydrogen-bond donors (Lipinski definition) is 1. The molecule has 1 aliphatic heterocycles. The third kappa shape index (κ3) is 3.04. The molecule has 110 valence electrons. The molecule has 0 saturated heterocycles. The molecule has 6 nitrogen and oxygen atoms in total. The summed E-state index contributed by atoms with van der Waals surface area (Å²) in [5.74, 6) is 0.637. The van der Waals surface area contributed by atoms with Gasteiger partial charge in [0, 0.05) is 12.1 Å². The van der Waals surface area contributed by atoms with E-state index >= 15 is 0 Å². The SMILES string of the molecule is O=C(O)CCN1CSc2nnc(-c3ccccc3Cl)n2C1. The van der Waals surface area contributed by atoms with E-state index in [0.717, 1.165) is 10.7 Å². The Hall–Kier alpha value is -1.57. The Morgan fingerprint density at radius 1 is 1.38 bits per heavy atom. The van der Waals surface area contributed by atoms with Crippen LogP contribution in [0.3, 0.4) is 0 Å². The Kier molecular flexibility index (Phi) is 4.14. The number of thioether (sulfide) groups is 1. The van der Waals surface area contributed by atoms with Crippen molar-refractivity contribution in [2.24, 2.45) is 0 Å². The first-order valence-electron chi connectivity index (χ1n) is 6.40. The fraction of sp³-hybridized carbons (Fsp3) is 0.308. The van der Waals surface area contributed by atoms with Crippen molar-refractivity contribution < 1.29 is 9.90 Å². The van der Waals surface area contributed by atoms with Gasteiger partial charge in [-0.05, 0) is 12.1 Å². The zero-order valence-electron chi connectivity index (χ0n) is 11.1. The minimum Gasteiger partial charge on any atom is -0.481 e. The molecule has 2 aromatic rings. The number of carboxylic acid groups (broad SMARTS) is 1. The lowest BCUT2D eigenvalue weighted by atomic mass is 10.2. The molecule has 0 amide bonds. The van der Waals surface area contributed by atoms with Gasteiger partial charge in [-0.1, -0.05) is 35.5 Å². The van der Waals surface area contributed by atoms with E-state index in [1.54, 1.807) is 11.8 Å². The number of carbonyl (C=O) groups is 1. The van der Waals surface area contributed by atoms with Gasteiger partial charge < -0.3 is 5.11 Å². The van der Waals surface area contributed by atoms with E-state index in [1.165, 1.54) is 0 Å². The lowest BCUT2D eigenvalue weighted by Crippen LogP contribution is -2.32. The molecular formula is C13H13ClN4O2S. The Labute approximate surface area is 130 Å². The van der Waals surface area contributed by atoms with Crippen LogP contribution < -0.4 is 0 Å². The van der Waals surface area contributed by atoms with Gasteiger partial charge in [-0.2, -0.15) is 0 Å². The molecule has 1 N–H and O–H groups in total. The normalized spacial score (nSPS) is 14.9. The average Bonchev–Trinajstić information content (AvgIpc) is 2.88. The van der Waals surface area contributed by atoms with E-state index in [4.69, 9.17) is 16.7 Å². The number of hydrogen-bond acceptors (Lipinski definition) is 5. The van der Waals surface area contributed by atoms with Gasteiger partial charge in [0.05, 0.1) is 24.0 Å². The zero-order valence-corrected chi connectivity index (χ0v) is 12.6. The number of nitrogens with zero attached hydrogens (tertiary/aromatic N) is 4. The third-order valence-electron chi connectivity index (χ3n) is 3.19. The zero-order chi connectivity index (χ0) is 14.8. The number of aliphatic carboxylic acids is 1. The number of rotatable bonds is 4. The van der Waals surface area contributed by atoms with Gasteiger partial charge in [-0.15, -0.1) is 10.2 Å². The highest BCUT2D eigenvalue weighted by Crippen LogP contribution is 2.32. The van der Waals surface area contributed by atoms with Crippen molar-refractivity contribution in [2.75, 3.05) is 12.4 Å². The first-order chi connectivity index (χ1) is 10.1. The predicted molar refractivity (Wildman–Crippen MR) is 80.2 cm³/mol. The topological polar surface area (TPSA) is 71.2 Å². The van der Waals surface area contributed by atoms with Crippen LogP contribution in [0.15, 0.2) is 29.4 Å². The van der Waals surface area contributed by atoms with Gasteiger partial charge in [-0.25, -0.2) is 0 Å². The summed E-state index contributed by atoms with van der Waals surface area (Å²) in [5, 5.41) is 18.6. The lowest BCUT2D eigenvalue weighted by molar-refractivity contribution is -0.137. The van der Waals surface area contributed by atoms with Crippen molar-refractivity contribution in [2.45, 2.75) is 18.2 Å². The van der Waals surface area contributed by atoms with E-state index < -0.39 is 5.97 Å². The Morgan fingerprint density at radius 3 is 2.95 bits per heavy atom. The van der Waals surface area contributed by atoms with Crippen LogP contribution in [-0.2, 0) is 11.5 Å². The summed E-state index contributed by atoms with van der Waals surface area (Å²) in [4.78, 5) is 12.7. The molecule has 1 aromatic carbocycles. The fourth-order valence-corrected chi connectivity index (χ4v) is 3.27. The maximum absolute atomic E-state index is 10.7. The summed E-state index contributed by atoms with van der Waals surface area (Å²) in [6.07, 6.45) is 0.124. The number of aromatic nitrogens is 3. The maximum atomic E-state index is 10.7. The molecule has 3 rings (SSSR count). The minimum absolute atomic E-state index is 0.124. The number of halogens is 1. The summed E-state index contributed by atoms with van der Waals surface area (Å²) in [7, 11) is 0. The van der Waals surface area contributed by atoms with E-state index in [-0.39, 0.29) is 6.42 Å². The first-order valence-corrected chi connectivity index (χ1v) is 7.76. The van der Waals surface area contributed by atoms with Crippen LogP contribution in [0, 0.1) is 0 Å². The number of carboxylic acids is 1. The smallest absolute Gasteiger partial charge is 0.304 e. The highest BCUT2D eigenvalue weighted by atomic mass is 35.5. The summed E-state index contributed by atoms with van der Waals surface area (Å²) in [6, 6.07) is 7.49. The molecule has 1 aromatic heterocycles. The van der Waals surface area contributed by atoms with Gasteiger partial charge in [-0.3, -0.25) is 14.3 Å². The maximum Gasteiger partial charge on any atom is 0.304 e. The first kappa shape index (κ1) is 14.4. The molecule has 1 aliphatic rings. The Balaban J connectivity index is 1.86. The molecule has 0 unspecified atom stereocenters. The van der Waals surface area contributed by atoms with Crippen LogP contribution in [0.25, 0.3) is 11.4 Å². The molecular weight excluding hydrogens is 312 g/mol. The van der Waals surface area contributed by atoms with E-state index in [0.29, 0.717) is 29.9 Å². The van der Waals surface area contributed by atoms with Crippen molar-refractivity contribution in [1.29, 1.82) is 0 Å². The number of benzene rings is 1. The second-order valence-corrected chi connectivity index (χ2v) is 5.99. The van der Waals surface area contributed by atoms with Crippen LogP contribution in [0.5, 0.6) is 0 Å². The Morgan fingerprint density at radius 2 is 2.19 bits per heavy atom. The molecule has 2 heterocycles. The van der Waals surface area contributed by atoms with Crippen molar-refractivity contribution >= 4 is 29.3 Å². The molecule has 0 spiro atoms. The van der Waals surface area contributed by atoms with Gasteiger partial charge >= 0.3 is 5.97 Å². The molecule has 0 saturated carbocycles. The predicted octanol–water partition coefficient (Wildman–Crippen LogP) is 2.40. The van der Waals surface area contributed by atoms with Gasteiger partial charge in [0.25, 0.3) is 0 Å². The number of fused-ring (bicyclic) bond motifs is 1. The van der Waals surface area contributed by atoms with E-state index in [9.17, 15) is 4.79 Å². The Bertz CT molecular complexity index is 676. The summed E-state index contributed by atoms with van der Waals surface area (Å²) >= 11 is 7.77. The van der Waals surface area contributed by atoms with Crippen molar-refractivity contribution in [1.82, 2.24) is 19.7 Å². The highest BCUT2D eigenvalue weighted by Gasteiger charge is 2.23. The molecule has 0 bridgehead atoms. The minimum atomic E-state index is -0.791. The molecule has 21 heavy (non-hydrogen) atoms. The largest absolute Gasteiger partial charge is 0.481 e. The summed E-state index contributed by atoms with van der Waals surface area (Å²) in [6.45, 7) is 1.07. The van der Waals surface area contributed by atoms with E-state index in [2.05, 4.69) is 15.1 Å². The molecule has 8 heteroatoms. The second kappa shape index (κ2) is 6.05. The van der Waals surface area contributed by atoms with Crippen LogP contribution >= 0.6 is 23.4 Å². The van der Waals surface area contributed by atoms with Gasteiger partial charge in [0.15, 0.2) is 11.0 Å². The van der Waals surface area contributed by atoms with E-state index in [1.807, 2.05) is 28.8 Å². The van der Waals surface area contributed by atoms with Crippen molar-refractivity contribution in [3.8, 4) is 11.4 Å². The standard InChI is InChI=1S/C13H13ClN4O2S/c14-10-4-2-1-3-9(10)12-15-16-13-18(12)7-17(8-21-13)6-5-11(19)20/h1-4H,5-8H2,(H,19,20). The van der Waals surface area contributed by atoms with Gasteiger partial charge in [0.2, 0.25) is 0 Å². The monoisotopic (exact) mass is 324 g/mol. The molecule has 0 aliphatic carbocycles. The lowest BCUT2D eigenvalue weighted by Gasteiger charge is -2.27. The summed E-state index contributed by atoms with van der Waals surface area (Å²) in [5.41, 5.74) is 0.832. The van der Waals surface area contributed by atoms with Crippen LogP contribution in [0.4, 0.5) is 0 Å². The van der Waals surface area contributed by atoms with Crippen molar-refractivity contribution in [3.63, 3.8) is 0 Å². The van der Waals surface area contributed by atoms with Crippen LogP contribution in [-0.4, -0.2) is 43.2 Å². The van der Waals surface area contributed by atoms with Gasteiger partial charge in [0.1, 0.15) is 0 Å². The molecule has 0 fully saturated rings. The second-order valence-electron chi connectivity index (χ2n) is 4.67. The van der Waals surface area contributed by atoms with Crippen LogP contribution in [0.2, 0.25) is 5.02 Å². The third-order valence-corrected chi connectivity index (χ3v) is 4.58. The highest BCUT2D eigenvalue weighted by molar-refractivity contribution is 7.99. The van der Waals surface area contributed by atoms with Crippen molar-refractivity contribution in [3.05, 3.63) is 29.3 Å². The quantitative estimate of drug-likeness (QED) is 0.931. The molecule has 0 atom stereocenters. The van der Waals surface area contributed by atoms with Crippen LogP contribution in [0.1, 0.15) is 6.42 Å².